The Hall–Kier alpha value is -0.340. The monoisotopic (exact) mass is 184 g/mol. The molecule has 13 heavy (non-hydrogen) atoms. The lowest BCUT2D eigenvalue weighted by Crippen LogP contribution is -2.10. The molecule has 1 fully saturated rings. The molecular formula is C11H20O2. The van der Waals surface area contributed by atoms with Gasteiger partial charge in [-0.15, -0.1) is 0 Å². The molecule has 2 heteroatoms. The van der Waals surface area contributed by atoms with Gasteiger partial charge in [-0.1, -0.05) is 11.6 Å². The second-order valence-corrected chi connectivity index (χ2v) is 4.25. The maximum atomic E-state index is 8.73. The van der Waals surface area contributed by atoms with Crippen LogP contribution in [0.1, 0.15) is 40.0 Å². The van der Waals surface area contributed by atoms with E-state index in [0.29, 0.717) is 6.10 Å². The zero-order valence-electron chi connectivity index (χ0n) is 8.84. The van der Waals surface area contributed by atoms with Crippen molar-refractivity contribution in [3.8, 4) is 0 Å². The summed E-state index contributed by atoms with van der Waals surface area (Å²) in [6.07, 6.45) is 5.47. The summed E-state index contributed by atoms with van der Waals surface area (Å²) in [5, 5.41) is 8.73. The number of hydrogen-bond acceptors (Lipinski definition) is 2. The average molecular weight is 184 g/mol. The van der Waals surface area contributed by atoms with Crippen LogP contribution in [0.25, 0.3) is 0 Å². The van der Waals surface area contributed by atoms with E-state index in [1.54, 1.807) is 0 Å². The summed E-state index contributed by atoms with van der Waals surface area (Å²) in [7, 11) is 0. The molecular weight excluding hydrogens is 164 g/mol. The molecule has 2 unspecified atom stereocenters. The van der Waals surface area contributed by atoms with Crippen molar-refractivity contribution in [3.63, 3.8) is 0 Å². The van der Waals surface area contributed by atoms with Crippen LogP contribution in [0.2, 0.25) is 0 Å². The highest BCUT2D eigenvalue weighted by Crippen LogP contribution is 2.42. The zero-order chi connectivity index (χ0) is 9.90. The summed E-state index contributed by atoms with van der Waals surface area (Å²) < 4.78 is 5.54. The Kier molecular flexibility index (Phi) is 3.51. The molecule has 0 aromatic carbocycles. The highest BCUT2D eigenvalue weighted by Gasteiger charge is 2.50. The van der Waals surface area contributed by atoms with E-state index < -0.39 is 0 Å². The number of aliphatic hydroxyl groups is 1. The van der Waals surface area contributed by atoms with Gasteiger partial charge >= 0.3 is 0 Å². The number of epoxide rings is 1. The lowest BCUT2D eigenvalue weighted by atomic mass is 9.99. The molecule has 1 aliphatic rings. The molecule has 0 aromatic heterocycles. The molecule has 1 N–H and O–H groups in total. The topological polar surface area (TPSA) is 32.8 Å². The predicted octanol–water partition coefficient (Wildman–Crippen LogP) is 2.27. The van der Waals surface area contributed by atoms with Crippen LogP contribution in [0.4, 0.5) is 0 Å². The third-order valence-electron chi connectivity index (χ3n) is 2.62. The van der Waals surface area contributed by atoms with Crippen LogP contribution in [0, 0.1) is 0 Å². The molecule has 0 aromatic rings. The van der Waals surface area contributed by atoms with Gasteiger partial charge in [0.2, 0.25) is 0 Å². The third kappa shape index (κ3) is 3.12. The van der Waals surface area contributed by atoms with Crippen molar-refractivity contribution in [1.82, 2.24) is 0 Å². The van der Waals surface area contributed by atoms with Crippen LogP contribution >= 0.6 is 0 Å². The first kappa shape index (κ1) is 10.7. The molecule has 1 heterocycles. The Morgan fingerprint density at radius 3 is 2.77 bits per heavy atom. The fourth-order valence-corrected chi connectivity index (χ4v) is 1.64. The van der Waals surface area contributed by atoms with E-state index in [2.05, 4.69) is 26.8 Å². The number of ether oxygens (including phenoxy) is 1. The molecule has 1 aliphatic heterocycles. The summed E-state index contributed by atoms with van der Waals surface area (Å²) >= 11 is 0. The fourth-order valence-electron chi connectivity index (χ4n) is 1.64. The van der Waals surface area contributed by atoms with E-state index in [4.69, 9.17) is 9.84 Å². The SMILES string of the molecule is CC(C)=CCCC1(C)OC1CCO. The van der Waals surface area contributed by atoms with Crippen molar-refractivity contribution >= 4 is 0 Å². The summed E-state index contributed by atoms with van der Waals surface area (Å²) in [4.78, 5) is 0. The Labute approximate surface area is 80.6 Å². The van der Waals surface area contributed by atoms with Crippen LogP contribution in [0.15, 0.2) is 11.6 Å². The second kappa shape index (κ2) is 4.25. The molecule has 0 bridgehead atoms. The Morgan fingerprint density at radius 1 is 1.54 bits per heavy atom. The van der Waals surface area contributed by atoms with Crippen molar-refractivity contribution in [2.75, 3.05) is 6.61 Å². The standard InChI is InChI=1S/C11H20O2/c1-9(2)5-4-7-11(3)10(13-11)6-8-12/h5,10,12H,4,6-8H2,1-3H3. The molecule has 2 atom stereocenters. The lowest BCUT2D eigenvalue weighted by molar-refractivity contribution is 0.255. The van der Waals surface area contributed by atoms with E-state index in [1.165, 1.54) is 5.57 Å². The van der Waals surface area contributed by atoms with Gasteiger partial charge in [-0.3, -0.25) is 0 Å². The van der Waals surface area contributed by atoms with Crippen LogP contribution < -0.4 is 0 Å². The minimum atomic E-state index is 0.0503. The Balaban J connectivity index is 2.20. The molecule has 0 saturated carbocycles. The van der Waals surface area contributed by atoms with E-state index in [9.17, 15) is 0 Å². The normalized spacial score (nSPS) is 31.5. The van der Waals surface area contributed by atoms with E-state index >= 15 is 0 Å². The first-order valence-electron chi connectivity index (χ1n) is 5.00. The largest absolute Gasteiger partial charge is 0.396 e. The van der Waals surface area contributed by atoms with Gasteiger partial charge in [-0.2, -0.15) is 0 Å². The van der Waals surface area contributed by atoms with E-state index in [1.807, 2.05) is 0 Å². The van der Waals surface area contributed by atoms with Gasteiger partial charge in [-0.25, -0.2) is 0 Å². The van der Waals surface area contributed by atoms with Crippen molar-refractivity contribution in [1.29, 1.82) is 0 Å². The van der Waals surface area contributed by atoms with Crippen LogP contribution in [-0.2, 0) is 4.74 Å². The summed E-state index contributed by atoms with van der Waals surface area (Å²) in [6, 6.07) is 0. The maximum absolute atomic E-state index is 8.73. The Morgan fingerprint density at radius 2 is 2.23 bits per heavy atom. The molecule has 1 saturated heterocycles. The van der Waals surface area contributed by atoms with Gasteiger partial charge in [-0.05, 0) is 40.0 Å². The average Bonchev–Trinajstić information content (AvgIpc) is 2.62. The van der Waals surface area contributed by atoms with E-state index in [-0.39, 0.29) is 12.2 Å². The van der Waals surface area contributed by atoms with Crippen LogP contribution in [0.5, 0.6) is 0 Å². The third-order valence-corrected chi connectivity index (χ3v) is 2.62. The van der Waals surface area contributed by atoms with Gasteiger partial charge in [0.25, 0.3) is 0 Å². The number of aliphatic hydroxyl groups excluding tert-OH is 1. The predicted molar refractivity (Wildman–Crippen MR) is 53.6 cm³/mol. The molecule has 0 spiro atoms. The number of hydrogen-bond donors (Lipinski definition) is 1. The number of rotatable bonds is 5. The van der Waals surface area contributed by atoms with Gasteiger partial charge < -0.3 is 9.84 Å². The first-order chi connectivity index (χ1) is 6.08. The fraction of sp³-hybridized carbons (Fsp3) is 0.818. The summed E-state index contributed by atoms with van der Waals surface area (Å²) in [6.45, 7) is 6.59. The minimum Gasteiger partial charge on any atom is -0.396 e. The van der Waals surface area contributed by atoms with Gasteiger partial charge in [0.05, 0.1) is 11.7 Å². The van der Waals surface area contributed by atoms with Crippen molar-refractivity contribution in [2.45, 2.75) is 51.7 Å². The lowest BCUT2D eigenvalue weighted by Gasteiger charge is -2.03. The molecule has 1 rings (SSSR count). The maximum Gasteiger partial charge on any atom is 0.0924 e. The minimum absolute atomic E-state index is 0.0503. The number of allylic oxidation sites excluding steroid dienone is 2. The summed E-state index contributed by atoms with van der Waals surface area (Å²) in [5.74, 6) is 0. The highest BCUT2D eigenvalue weighted by molar-refractivity contribution is 5.02. The molecule has 2 nitrogen and oxygen atoms in total. The Bertz CT molecular complexity index is 194. The first-order valence-corrected chi connectivity index (χ1v) is 5.00. The van der Waals surface area contributed by atoms with Crippen LogP contribution in [-0.4, -0.2) is 23.4 Å². The molecule has 0 radical (unpaired) electrons. The zero-order valence-corrected chi connectivity index (χ0v) is 8.84. The quantitative estimate of drug-likeness (QED) is 0.525. The van der Waals surface area contributed by atoms with Gasteiger partial charge in [0, 0.05) is 6.61 Å². The molecule has 0 amide bonds. The van der Waals surface area contributed by atoms with Crippen molar-refractivity contribution in [2.24, 2.45) is 0 Å². The molecule has 0 aliphatic carbocycles. The van der Waals surface area contributed by atoms with E-state index in [0.717, 1.165) is 19.3 Å². The van der Waals surface area contributed by atoms with Gasteiger partial charge in [0.1, 0.15) is 0 Å². The van der Waals surface area contributed by atoms with Crippen molar-refractivity contribution in [3.05, 3.63) is 11.6 Å². The molecule has 76 valence electrons. The second-order valence-electron chi connectivity index (χ2n) is 4.25. The smallest absolute Gasteiger partial charge is 0.0924 e. The van der Waals surface area contributed by atoms with Crippen LogP contribution in [0.3, 0.4) is 0 Å². The van der Waals surface area contributed by atoms with Gasteiger partial charge in [0.15, 0.2) is 0 Å². The summed E-state index contributed by atoms with van der Waals surface area (Å²) in [5.41, 5.74) is 1.41. The highest BCUT2D eigenvalue weighted by atomic mass is 16.6. The van der Waals surface area contributed by atoms with Crippen molar-refractivity contribution < 1.29 is 9.84 Å².